The van der Waals surface area contributed by atoms with E-state index >= 15 is 0 Å². The highest BCUT2D eigenvalue weighted by atomic mass is 32.2. The highest BCUT2D eigenvalue weighted by Crippen LogP contribution is 2.34. The first-order valence-electron chi connectivity index (χ1n) is 8.49. The topological polar surface area (TPSA) is 45.3 Å². The summed E-state index contributed by atoms with van der Waals surface area (Å²) in [5.41, 5.74) is 2.16. The normalized spacial score (nSPS) is 14.8. The van der Waals surface area contributed by atoms with Gasteiger partial charge in [-0.15, -0.1) is 0 Å². The summed E-state index contributed by atoms with van der Waals surface area (Å²) in [4.78, 5) is 19.3. The van der Waals surface area contributed by atoms with Crippen LogP contribution in [0.3, 0.4) is 0 Å². The summed E-state index contributed by atoms with van der Waals surface area (Å²) in [5.74, 6) is 0.169. The van der Waals surface area contributed by atoms with Crippen LogP contribution in [0.25, 0.3) is 10.9 Å². The third kappa shape index (κ3) is 3.57. The quantitative estimate of drug-likeness (QED) is 0.778. The van der Waals surface area contributed by atoms with Crippen LogP contribution < -0.4 is 0 Å². The Morgan fingerprint density at radius 1 is 1.04 bits per heavy atom. The largest absolute Gasteiger partial charge is 0.378 e. The van der Waals surface area contributed by atoms with E-state index in [4.69, 9.17) is 4.74 Å². The first kappa shape index (κ1) is 16.2. The van der Waals surface area contributed by atoms with E-state index in [0.29, 0.717) is 32.7 Å². The van der Waals surface area contributed by atoms with Crippen molar-refractivity contribution in [1.82, 2.24) is 9.88 Å². The summed E-state index contributed by atoms with van der Waals surface area (Å²) < 4.78 is 5.35. The summed E-state index contributed by atoms with van der Waals surface area (Å²) >= 11 is 1.68. The SMILES string of the molecule is O=C(Cc1c(Sc2ccccc2)[nH]c2ccccc12)N1CCOCC1. The lowest BCUT2D eigenvalue weighted by molar-refractivity contribution is -0.134. The minimum Gasteiger partial charge on any atom is -0.378 e. The van der Waals surface area contributed by atoms with Crippen molar-refractivity contribution in [3.63, 3.8) is 0 Å². The molecule has 0 unspecified atom stereocenters. The van der Waals surface area contributed by atoms with E-state index < -0.39 is 0 Å². The number of fused-ring (bicyclic) bond motifs is 1. The zero-order chi connectivity index (χ0) is 17.1. The van der Waals surface area contributed by atoms with Crippen LogP contribution >= 0.6 is 11.8 Å². The fraction of sp³-hybridized carbons (Fsp3) is 0.250. The number of rotatable bonds is 4. The standard InChI is InChI=1S/C20H20N2O2S/c23-19(22-10-12-24-13-11-22)14-17-16-8-4-5-9-18(16)21-20(17)25-15-6-2-1-3-7-15/h1-9,21H,10-14H2. The Morgan fingerprint density at radius 2 is 1.76 bits per heavy atom. The Balaban J connectivity index is 1.65. The van der Waals surface area contributed by atoms with Crippen molar-refractivity contribution in [2.24, 2.45) is 0 Å². The first-order chi connectivity index (χ1) is 12.3. The summed E-state index contributed by atoms with van der Waals surface area (Å²) in [6.45, 7) is 2.63. The van der Waals surface area contributed by atoms with E-state index in [1.54, 1.807) is 11.8 Å². The van der Waals surface area contributed by atoms with Gasteiger partial charge in [0, 0.05) is 34.5 Å². The molecule has 0 bridgehead atoms. The van der Waals surface area contributed by atoms with Gasteiger partial charge in [0.05, 0.1) is 24.7 Å². The second-order valence-electron chi connectivity index (χ2n) is 6.06. The minimum absolute atomic E-state index is 0.169. The van der Waals surface area contributed by atoms with Crippen molar-refractivity contribution < 1.29 is 9.53 Å². The molecule has 0 saturated carbocycles. The predicted octanol–water partition coefficient (Wildman–Crippen LogP) is 3.72. The number of hydrogen-bond acceptors (Lipinski definition) is 3. The van der Waals surface area contributed by atoms with Crippen molar-refractivity contribution in [1.29, 1.82) is 0 Å². The molecular weight excluding hydrogens is 332 g/mol. The summed E-state index contributed by atoms with van der Waals surface area (Å²) in [7, 11) is 0. The number of para-hydroxylation sites is 1. The third-order valence-electron chi connectivity index (χ3n) is 4.43. The average Bonchev–Trinajstić information content (AvgIpc) is 3.00. The van der Waals surface area contributed by atoms with E-state index in [1.165, 1.54) is 0 Å². The molecule has 4 nitrogen and oxygen atoms in total. The Kier molecular flexibility index (Phi) is 4.76. The van der Waals surface area contributed by atoms with Gasteiger partial charge in [0.2, 0.25) is 5.91 Å². The second kappa shape index (κ2) is 7.33. The molecule has 1 N–H and O–H groups in total. The molecule has 0 atom stereocenters. The lowest BCUT2D eigenvalue weighted by atomic mass is 10.1. The van der Waals surface area contributed by atoms with Crippen LogP contribution in [-0.2, 0) is 16.0 Å². The lowest BCUT2D eigenvalue weighted by Gasteiger charge is -2.27. The summed E-state index contributed by atoms with van der Waals surface area (Å²) in [5, 5.41) is 2.18. The van der Waals surface area contributed by atoms with Gasteiger partial charge in [0.1, 0.15) is 0 Å². The van der Waals surface area contributed by atoms with Crippen LogP contribution in [0.1, 0.15) is 5.56 Å². The number of carbonyl (C=O) groups is 1. The maximum Gasteiger partial charge on any atom is 0.227 e. The second-order valence-corrected chi connectivity index (χ2v) is 7.15. The van der Waals surface area contributed by atoms with Gasteiger partial charge in [-0.05, 0) is 18.2 Å². The Bertz CT molecular complexity index is 870. The van der Waals surface area contributed by atoms with Crippen LogP contribution in [0.5, 0.6) is 0 Å². The molecule has 25 heavy (non-hydrogen) atoms. The number of morpholine rings is 1. The molecular formula is C20H20N2O2S. The van der Waals surface area contributed by atoms with Gasteiger partial charge in [0.15, 0.2) is 0 Å². The van der Waals surface area contributed by atoms with Crippen LogP contribution in [0.4, 0.5) is 0 Å². The fourth-order valence-corrected chi connectivity index (χ4v) is 4.12. The zero-order valence-corrected chi connectivity index (χ0v) is 14.7. The molecule has 2 aromatic carbocycles. The minimum atomic E-state index is 0.169. The van der Waals surface area contributed by atoms with Crippen LogP contribution in [0.15, 0.2) is 64.5 Å². The van der Waals surface area contributed by atoms with E-state index in [1.807, 2.05) is 35.2 Å². The van der Waals surface area contributed by atoms with E-state index in [-0.39, 0.29) is 5.91 Å². The van der Waals surface area contributed by atoms with Crippen molar-refractivity contribution in [2.45, 2.75) is 16.3 Å². The van der Waals surface area contributed by atoms with Crippen LogP contribution in [-0.4, -0.2) is 42.1 Å². The Morgan fingerprint density at radius 3 is 2.56 bits per heavy atom. The van der Waals surface area contributed by atoms with E-state index in [0.717, 1.165) is 26.4 Å². The molecule has 0 aliphatic carbocycles. The Labute approximate surface area is 151 Å². The number of nitrogens with zero attached hydrogens (tertiary/aromatic N) is 1. The molecule has 5 heteroatoms. The van der Waals surface area contributed by atoms with Gasteiger partial charge in [-0.3, -0.25) is 4.79 Å². The number of aromatic amines is 1. The molecule has 3 aromatic rings. The molecule has 0 spiro atoms. The smallest absolute Gasteiger partial charge is 0.227 e. The number of aromatic nitrogens is 1. The molecule has 1 saturated heterocycles. The molecule has 0 radical (unpaired) electrons. The lowest BCUT2D eigenvalue weighted by Crippen LogP contribution is -2.41. The number of nitrogens with one attached hydrogen (secondary N) is 1. The molecule has 4 rings (SSSR count). The summed E-state index contributed by atoms with van der Waals surface area (Å²) in [6.07, 6.45) is 0.416. The zero-order valence-electron chi connectivity index (χ0n) is 13.9. The molecule has 1 amide bonds. The number of H-pyrrole nitrogens is 1. The van der Waals surface area contributed by atoms with Gasteiger partial charge in [-0.1, -0.05) is 48.2 Å². The van der Waals surface area contributed by atoms with Gasteiger partial charge < -0.3 is 14.6 Å². The van der Waals surface area contributed by atoms with E-state index in [2.05, 4.69) is 29.2 Å². The van der Waals surface area contributed by atoms with Gasteiger partial charge in [-0.2, -0.15) is 0 Å². The number of benzene rings is 2. The molecule has 128 valence electrons. The van der Waals surface area contributed by atoms with Crippen molar-refractivity contribution in [3.8, 4) is 0 Å². The Hall–Kier alpha value is -2.24. The molecule has 2 heterocycles. The molecule has 1 aliphatic rings. The van der Waals surface area contributed by atoms with Crippen molar-refractivity contribution in [2.75, 3.05) is 26.3 Å². The maximum absolute atomic E-state index is 12.8. The third-order valence-corrected chi connectivity index (χ3v) is 5.49. The van der Waals surface area contributed by atoms with Gasteiger partial charge >= 0.3 is 0 Å². The van der Waals surface area contributed by atoms with Gasteiger partial charge in [-0.25, -0.2) is 0 Å². The summed E-state index contributed by atoms with van der Waals surface area (Å²) in [6, 6.07) is 18.4. The highest BCUT2D eigenvalue weighted by Gasteiger charge is 2.21. The number of carbonyl (C=O) groups excluding carboxylic acids is 1. The predicted molar refractivity (Wildman–Crippen MR) is 100.0 cm³/mol. The molecule has 1 aromatic heterocycles. The average molecular weight is 352 g/mol. The maximum atomic E-state index is 12.8. The molecule has 1 fully saturated rings. The van der Waals surface area contributed by atoms with Crippen molar-refractivity contribution in [3.05, 3.63) is 60.2 Å². The highest BCUT2D eigenvalue weighted by molar-refractivity contribution is 7.99. The van der Waals surface area contributed by atoms with Crippen LogP contribution in [0.2, 0.25) is 0 Å². The number of hydrogen-bond donors (Lipinski definition) is 1. The van der Waals surface area contributed by atoms with Crippen molar-refractivity contribution >= 4 is 28.6 Å². The van der Waals surface area contributed by atoms with E-state index in [9.17, 15) is 4.79 Å². The first-order valence-corrected chi connectivity index (χ1v) is 9.31. The van der Waals surface area contributed by atoms with Gasteiger partial charge in [0.25, 0.3) is 0 Å². The molecule has 1 aliphatic heterocycles. The number of amides is 1. The van der Waals surface area contributed by atoms with Crippen LogP contribution in [0, 0.1) is 0 Å². The monoisotopic (exact) mass is 352 g/mol. The number of ether oxygens (including phenoxy) is 1. The fourth-order valence-electron chi connectivity index (χ4n) is 3.12.